The molecule has 0 radical (unpaired) electrons. The lowest BCUT2D eigenvalue weighted by atomic mass is 10.2. The van der Waals surface area contributed by atoms with Gasteiger partial charge in [0.25, 0.3) is 0 Å². The highest BCUT2D eigenvalue weighted by Gasteiger charge is 2.20. The molecule has 1 aliphatic heterocycles. The zero-order valence-electron chi connectivity index (χ0n) is 14.3. The summed E-state index contributed by atoms with van der Waals surface area (Å²) < 4.78 is 1.87. The van der Waals surface area contributed by atoms with E-state index in [4.69, 9.17) is 11.6 Å². The van der Waals surface area contributed by atoms with Crippen molar-refractivity contribution in [3.05, 3.63) is 71.7 Å². The highest BCUT2D eigenvalue weighted by atomic mass is 35.5. The van der Waals surface area contributed by atoms with Crippen LogP contribution < -0.4 is 4.90 Å². The van der Waals surface area contributed by atoms with Gasteiger partial charge in [-0.2, -0.15) is 0 Å². The van der Waals surface area contributed by atoms with E-state index in [1.165, 1.54) is 5.69 Å². The van der Waals surface area contributed by atoms with Crippen LogP contribution in [0.25, 0.3) is 11.7 Å². The lowest BCUT2D eigenvalue weighted by Crippen LogP contribution is -2.48. The van der Waals surface area contributed by atoms with Crippen LogP contribution in [0.3, 0.4) is 0 Å². The fraction of sp³-hybridized carbons (Fsp3) is 0.200. The maximum absolute atomic E-state index is 12.5. The predicted molar refractivity (Wildman–Crippen MR) is 104 cm³/mol. The van der Waals surface area contributed by atoms with E-state index in [-0.39, 0.29) is 5.91 Å². The molecule has 1 amide bonds. The van der Waals surface area contributed by atoms with Gasteiger partial charge in [-0.25, -0.2) is 4.98 Å². The topological polar surface area (TPSA) is 40.9 Å². The minimum absolute atomic E-state index is 0.000315. The Labute approximate surface area is 157 Å². The summed E-state index contributed by atoms with van der Waals surface area (Å²) >= 11 is 6.21. The van der Waals surface area contributed by atoms with Gasteiger partial charge in [0.05, 0.1) is 5.69 Å². The van der Waals surface area contributed by atoms with Gasteiger partial charge in [-0.3, -0.25) is 9.20 Å². The molecule has 5 nitrogen and oxygen atoms in total. The molecule has 2 aromatic heterocycles. The van der Waals surface area contributed by atoms with Gasteiger partial charge in [0, 0.05) is 44.1 Å². The molecule has 1 fully saturated rings. The number of benzene rings is 1. The number of carbonyl (C=O) groups excluding carboxylic acids is 1. The van der Waals surface area contributed by atoms with Crippen molar-refractivity contribution in [2.75, 3.05) is 31.1 Å². The summed E-state index contributed by atoms with van der Waals surface area (Å²) in [4.78, 5) is 21.0. The SMILES string of the molecule is O=C(/C=C/c1c(Cl)nc2ccccn12)N1CCN(c2ccccc2)CC1. The number of fused-ring (bicyclic) bond motifs is 1. The van der Waals surface area contributed by atoms with Gasteiger partial charge in [-0.1, -0.05) is 35.9 Å². The second-order valence-electron chi connectivity index (χ2n) is 6.20. The molecule has 1 aromatic carbocycles. The second kappa shape index (κ2) is 7.22. The Hall–Kier alpha value is -2.79. The van der Waals surface area contributed by atoms with Crippen LogP contribution in [0.15, 0.2) is 60.8 Å². The van der Waals surface area contributed by atoms with Crippen LogP contribution in [0.1, 0.15) is 5.69 Å². The molecule has 0 spiro atoms. The summed E-state index contributed by atoms with van der Waals surface area (Å²) in [5, 5.41) is 0.397. The Morgan fingerprint density at radius 1 is 1.00 bits per heavy atom. The number of rotatable bonds is 3. The third kappa shape index (κ3) is 3.30. The third-order valence-electron chi connectivity index (χ3n) is 4.62. The van der Waals surface area contributed by atoms with Gasteiger partial charge in [-0.05, 0) is 30.3 Å². The molecule has 4 rings (SSSR count). The number of para-hydroxylation sites is 1. The second-order valence-corrected chi connectivity index (χ2v) is 6.56. The van der Waals surface area contributed by atoms with Crippen molar-refractivity contribution in [1.29, 1.82) is 0 Å². The van der Waals surface area contributed by atoms with Crippen molar-refractivity contribution in [1.82, 2.24) is 14.3 Å². The van der Waals surface area contributed by atoms with Crippen molar-refractivity contribution in [2.45, 2.75) is 0 Å². The average Bonchev–Trinajstić information content (AvgIpc) is 3.02. The Balaban J connectivity index is 1.42. The van der Waals surface area contributed by atoms with Crippen molar-refractivity contribution in [2.24, 2.45) is 0 Å². The Morgan fingerprint density at radius 2 is 1.73 bits per heavy atom. The van der Waals surface area contributed by atoms with Crippen molar-refractivity contribution >= 4 is 34.9 Å². The van der Waals surface area contributed by atoms with Crippen molar-refractivity contribution < 1.29 is 4.79 Å². The minimum Gasteiger partial charge on any atom is -0.368 e. The number of anilines is 1. The van der Waals surface area contributed by atoms with Crippen LogP contribution in [-0.2, 0) is 4.79 Å². The molecule has 0 saturated carbocycles. The number of imidazole rings is 1. The van der Waals surface area contributed by atoms with Crippen LogP contribution >= 0.6 is 11.6 Å². The quantitative estimate of drug-likeness (QED) is 0.667. The molecule has 1 saturated heterocycles. The zero-order valence-corrected chi connectivity index (χ0v) is 15.0. The molecule has 0 bridgehead atoms. The Morgan fingerprint density at radius 3 is 2.50 bits per heavy atom. The lowest BCUT2D eigenvalue weighted by molar-refractivity contribution is -0.126. The molecule has 6 heteroatoms. The van der Waals surface area contributed by atoms with Gasteiger partial charge in [-0.15, -0.1) is 0 Å². The van der Waals surface area contributed by atoms with Gasteiger partial charge in [0.15, 0.2) is 5.15 Å². The fourth-order valence-electron chi connectivity index (χ4n) is 3.21. The number of hydrogen-bond acceptors (Lipinski definition) is 3. The maximum atomic E-state index is 12.5. The molecule has 26 heavy (non-hydrogen) atoms. The largest absolute Gasteiger partial charge is 0.368 e. The fourth-order valence-corrected chi connectivity index (χ4v) is 3.46. The number of pyridine rings is 1. The van der Waals surface area contributed by atoms with E-state index in [1.54, 1.807) is 12.2 Å². The molecule has 0 atom stereocenters. The number of halogens is 1. The van der Waals surface area contributed by atoms with Crippen LogP contribution in [0, 0.1) is 0 Å². The molecule has 132 valence electrons. The molecule has 0 aliphatic carbocycles. The Kier molecular flexibility index (Phi) is 4.63. The van der Waals surface area contributed by atoms with Crippen LogP contribution in [-0.4, -0.2) is 46.4 Å². The molecule has 3 aromatic rings. The van der Waals surface area contributed by atoms with E-state index in [2.05, 4.69) is 22.0 Å². The summed E-state index contributed by atoms with van der Waals surface area (Å²) in [6, 6.07) is 16.0. The Bertz CT molecular complexity index is 943. The molecule has 0 N–H and O–H groups in total. The van der Waals surface area contributed by atoms with E-state index >= 15 is 0 Å². The summed E-state index contributed by atoms with van der Waals surface area (Å²) in [5.41, 5.74) is 2.69. The van der Waals surface area contributed by atoms with Gasteiger partial charge >= 0.3 is 0 Å². The smallest absolute Gasteiger partial charge is 0.246 e. The van der Waals surface area contributed by atoms with Crippen LogP contribution in [0.5, 0.6) is 0 Å². The molecular formula is C20H19ClN4O. The summed E-state index contributed by atoms with van der Waals surface area (Å²) in [7, 11) is 0. The normalized spacial score (nSPS) is 15.1. The summed E-state index contributed by atoms with van der Waals surface area (Å²) in [6.45, 7) is 3.08. The number of piperazine rings is 1. The van der Waals surface area contributed by atoms with Gasteiger partial charge in [0.2, 0.25) is 5.91 Å². The van der Waals surface area contributed by atoms with E-state index < -0.39 is 0 Å². The number of carbonyl (C=O) groups is 1. The molecule has 3 heterocycles. The monoisotopic (exact) mass is 366 g/mol. The number of aromatic nitrogens is 2. The molecule has 1 aliphatic rings. The third-order valence-corrected chi connectivity index (χ3v) is 4.90. The highest BCUT2D eigenvalue weighted by Crippen LogP contribution is 2.19. The minimum atomic E-state index is -0.000315. The number of hydrogen-bond donors (Lipinski definition) is 0. The highest BCUT2D eigenvalue weighted by molar-refractivity contribution is 6.31. The summed E-state index contributed by atoms with van der Waals surface area (Å²) in [6.07, 6.45) is 5.21. The molecular weight excluding hydrogens is 348 g/mol. The first kappa shape index (κ1) is 16.7. The first-order valence-electron chi connectivity index (χ1n) is 8.62. The number of nitrogens with zero attached hydrogens (tertiary/aromatic N) is 4. The average molecular weight is 367 g/mol. The first-order valence-corrected chi connectivity index (χ1v) is 9.00. The van der Waals surface area contributed by atoms with Crippen molar-refractivity contribution in [3.63, 3.8) is 0 Å². The van der Waals surface area contributed by atoms with Crippen LogP contribution in [0.2, 0.25) is 5.15 Å². The number of amides is 1. The van der Waals surface area contributed by atoms with E-state index in [0.29, 0.717) is 18.2 Å². The molecule has 0 unspecified atom stereocenters. The van der Waals surface area contributed by atoms with Gasteiger partial charge < -0.3 is 9.80 Å². The van der Waals surface area contributed by atoms with E-state index in [1.807, 2.05) is 51.9 Å². The predicted octanol–water partition coefficient (Wildman–Crippen LogP) is 3.35. The lowest BCUT2D eigenvalue weighted by Gasteiger charge is -2.35. The zero-order chi connectivity index (χ0) is 17.9. The van der Waals surface area contributed by atoms with E-state index in [9.17, 15) is 4.79 Å². The standard InChI is InChI=1S/C20H19ClN4O/c21-20-17(25-11-5-4-8-18(25)22-20)9-10-19(26)24-14-12-23(13-15-24)16-6-2-1-3-7-16/h1-11H,12-15H2/b10-9+. The first-order chi connectivity index (χ1) is 12.7. The van der Waals surface area contributed by atoms with Crippen LogP contribution in [0.4, 0.5) is 5.69 Å². The maximum Gasteiger partial charge on any atom is 0.246 e. The van der Waals surface area contributed by atoms with E-state index in [0.717, 1.165) is 24.4 Å². The summed E-state index contributed by atoms with van der Waals surface area (Å²) in [5.74, 6) is -0.000315. The van der Waals surface area contributed by atoms with Crippen molar-refractivity contribution in [3.8, 4) is 0 Å². The van der Waals surface area contributed by atoms with Gasteiger partial charge in [0.1, 0.15) is 5.65 Å².